The molecule has 0 aromatic carbocycles. The molecule has 15 heteroatoms. The smallest absolute Gasteiger partial charge is 0.187 e. The summed E-state index contributed by atoms with van der Waals surface area (Å²) >= 11 is 0. The molecule has 0 spiro atoms. The summed E-state index contributed by atoms with van der Waals surface area (Å²) in [7, 11) is 1.31. The molecular formula is C38H62O15. The van der Waals surface area contributed by atoms with E-state index in [9.17, 15) is 40.9 Å². The van der Waals surface area contributed by atoms with Gasteiger partial charge in [-0.05, 0) is 61.7 Å². The number of ether oxygens (including phenoxy) is 7. The van der Waals surface area contributed by atoms with Crippen LogP contribution in [0.15, 0.2) is 24.3 Å². The van der Waals surface area contributed by atoms with Gasteiger partial charge in [0, 0.05) is 12.5 Å². The van der Waals surface area contributed by atoms with E-state index >= 15 is 0 Å². The van der Waals surface area contributed by atoms with Crippen LogP contribution in [-0.2, 0) is 33.2 Å². The van der Waals surface area contributed by atoms with Gasteiger partial charge < -0.3 is 74.0 Å². The highest BCUT2D eigenvalue weighted by Crippen LogP contribution is 2.65. The first-order valence-corrected chi connectivity index (χ1v) is 19.1. The molecule has 15 nitrogen and oxygen atoms in total. The van der Waals surface area contributed by atoms with Gasteiger partial charge in [-0.15, -0.1) is 6.58 Å². The van der Waals surface area contributed by atoms with Crippen molar-refractivity contribution in [3.05, 3.63) is 24.3 Å². The van der Waals surface area contributed by atoms with Crippen LogP contribution in [0.1, 0.15) is 66.7 Å². The lowest BCUT2D eigenvalue weighted by Crippen LogP contribution is -2.61. The Morgan fingerprint density at radius 2 is 1.36 bits per heavy atom. The maximum atomic E-state index is 11.2. The minimum absolute atomic E-state index is 0.126. The number of fused-ring (bicyclic) bond motifs is 3. The normalized spacial score (nSPS) is 52.7. The molecule has 53 heavy (non-hydrogen) atoms. The molecular weight excluding hydrogens is 696 g/mol. The predicted molar refractivity (Wildman–Crippen MR) is 186 cm³/mol. The number of methoxy groups -OCH3 is 1. The third-order valence-electron chi connectivity index (χ3n) is 13.8. The van der Waals surface area contributed by atoms with E-state index in [2.05, 4.69) is 33.4 Å². The van der Waals surface area contributed by atoms with Crippen LogP contribution < -0.4 is 0 Å². The lowest BCUT2D eigenvalue weighted by Gasteiger charge is -2.62. The summed E-state index contributed by atoms with van der Waals surface area (Å²) in [5, 5.41) is 84.0. The highest BCUT2D eigenvalue weighted by Gasteiger charge is 2.61. The molecule has 6 aliphatic rings. The molecule has 2 saturated carbocycles. The van der Waals surface area contributed by atoms with Crippen LogP contribution in [0, 0.1) is 28.1 Å². The molecule has 0 radical (unpaired) electrons. The molecule has 0 aromatic rings. The van der Waals surface area contributed by atoms with Crippen molar-refractivity contribution in [2.24, 2.45) is 28.1 Å². The van der Waals surface area contributed by atoms with Gasteiger partial charge in [0.05, 0.1) is 31.5 Å². The third kappa shape index (κ3) is 7.21. The Bertz CT molecular complexity index is 1310. The fourth-order valence-electron chi connectivity index (χ4n) is 10.4. The Morgan fingerprint density at radius 3 is 1.98 bits per heavy atom. The van der Waals surface area contributed by atoms with Crippen LogP contribution in [0.4, 0.5) is 0 Å². The maximum absolute atomic E-state index is 11.2. The fourth-order valence-corrected chi connectivity index (χ4v) is 10.4. The van der Waals surface area contributed by atoms with Gasteiger partial charge in [-0.25, -0.2) is 0 Å². The molecule has 0 bridgehead atoms. The van der Waals surface area contributed by atoms with E-state index in [1.165, 1.54) is 12.7 Å². The number of allylic oxidation sites excluding steroid dienone is 1. The number of hydrogen-bond acceptors (Lipinski definition) is 15. The van der Waals surface area contributed by atoms with E-state index in [0.717, 1.165) is 19.3 Å². The molecule has 20 atom stereocenters. The largest absolute Gasteiger partial charge is 0.394 e. The second-order valence-electron chi connectivity index (χ2n) is 17.2. The Kier molecular flexibility index (Phi) is 12.3. The lowest BCUT2D eigenvalue weighted by molar-refractivity contribution is -0.334. The molecule has 3 aliphatic carbocycles. The summed E-state index contributed by atoms with van der Waals surface area (Å²) in [6.45, 7) is 13.4. The van der Waals surface area contributed by atoms with Gasteiger partial charge in [0.15, 0.2) is 18.9 Å². The molecule has 6 rings (SSSR count). The zero-order valence-electron chi connectivity index (χ0n) is 31.6. The van der Waals surface area contributed by atoms with E-state index in [1.54, 1.807) is 6.92 Å². The topological polar surface area (TPSA) is 226 Å². The Labute approximate surface area is 311 Å². The minimum atomic E-state index is -1.46. The maximum Gasteiger partial charge on any atom is 0.187 e. The first-order valence-electron chi connectivity index (χ1n) is 19.1. The van der Waals surface area contributed by atoms with Gasteiger partial charge in [0.2, 0.25) is 0 Å². The van der Waals surface area contributed by atoms with Crippen molar-refractivity contribution < 1.29 is 74.0 Å². The highest BCUT2D eigenvalue weighted by molar-refractivity contribution is 5.29. The standard InChI is InChI=1S/C38H62O15/c1-8-37(5)14-18-9-10-22-36(3,4)23(11-12-38(22,6)19(18)13-24(37)52-33-29(45)28(44)25(41)17(2)48-33)51-35-32(27(43)21(16-40)50-35)53-34-30(46)31(47-7)26(42)20(15-39)49-34/h8,14,17,19-35,39-46H,1,9-13,15-16H2,2-7H3. The summed E-state index contributed by atoms with van der Waals surface area (Å²) in [5.74, 6) is 0.302. The second kappa shape index (κ2) is 15.7. The molecule has 8 N–H and O–H groups in total. The first kappa shape index (κ1) is 41.5. The molecule has 3 heterocycles. The molecule has 3 saturated heterocycles. The highest BCUT2D eigenvalue weighted by atomic mass is 16.8. The van der Waals surface area contributed by atoms with Gasteiger partial charge in [0.1, 0.15) is 61.0 Å². The van der Waals surface area contributed by atoms with Crippen LogP contribution in [0.25, 0.3) is 0 Å². The lowest BCUT2D eigenvalue weighted by atomic mass is 9.44. The van der Waals surface area contributed by atoms with Crippen molar-refractivity contribution in [1.82, 2.24) is 0 Å². The Balaban J connectivity index is 1.20. The van der Waals surface area contributed by atoms with Gasteiger partial charge >= 0.3 is 0 Å². The van der Waals surface area contributed by atoms with Gasteiger partial charge in [-0.3, -0.25) is 0 Å². The second-order valence-corrected chi connectivity index (χ2v) is 17.2. The van der Waals surface area contributed by atoms with E-state index in [0.29, 0.717) is 12.8 Å². The third-order valence-corrected chi connectivity index (χ3v) is 13.8. The van der Waals surface area contributed by atoms with E-state index in [1.807, 2.05) is 13.0 Å². The van der Waals surface area contributed by atoms with Crippen molar-refractivity contribution in [1.29, 1.82) is 0 Å². The van der Waals surface area contributed by atoms with Gasteiger partial charge in [-0.2, -0.15) is 0 Å². The molecule has 0 amide bonds. The van der Waals surface area contributed by atoms with Crippen molar-refractivity contribution >= 4 is 0 Å². The van der Waals surface area contributed by atoms with Gasteiger partial charge in [-0.1, -0.05) is 45.4 Å². The first-order chi connectivity index (χ1) is 24.9. The zero-order valence-corrected chi connectivity index (χ0v) is 31.6. The van der Waals surface area contributed by atoms with E-state index in [4.69, 9.17) is 33.2 Å². The Hall–Kier alpha value is -1.12. The summed E-state index contributed by atoms with van der Waals surface area (Å²) in [5.41, 5.74) is 0.187. The van der Waals surface area contributed by atoms with Crippen LogP contribution in [-0.4, -0.2) is 159 Å². The molecule has 3 aliphatic heterocycles. The summed E-state index contributed by atoms with van der Waals surface area (Å²) in [6.07, 6.45) is -9.89. The number of aliphatic hydroxyl groups is 8. The molecule has 0 aromatic heterocycles. The average Bonchev–Trinajstić information content (AvgIpc) is 3.42. The molecule has 20 unspecified atom stereocenters. The summed E-state index contributed by atoms with van der Waals surface area (Å²) < 4.78 is 42.1. The van der Waals surface area contributed by atoms with Gasteiger partial charge in [0.25, 0.3) is 0 Å². The molecule has 5 fully saturated rings. The van der Waals surface area contributed by atoms with Crippen molar-refractivity contribution in [2.75, 3.05) is 20.3 Å². The van der Waals surface area contributed by atoms with Crippen LogP contribution in [0.3, 0.4) is 0 Å². The monoisotopic (exact) mass is 758 g/mol. The number of hydrogen-bond donors (Lipinski definition) is 8. The minimum Gasteiger partial charge on any atom is -0.394 e. The van der Waals surface area contributed by atoms with Crippen LogP contribution in [0.5, 0.6) is 0 Å². The molecule has 304 valence electrons. The van der Waals surface area contributed by atoms with Crippen molar-refractivity contribution in [3.63, 3.8) is 0 Å². The number of rotatable bonds is 10. The van der Waals surface area contributed by atoms with E-state index in [-0.39, 0.29) is 23.4 Å². The number of aliphatic hydroxyl groups excluding tert-OH is 8. The quantitative estimate of drug-likeness (QED) is 0.136. The van der Waals surface area contributed by atoms with Crippen LogP contribution in [0.2, 0.25) is 0 Å². The Morgan fingerprint density at radius 1 is 0.755 bits per heavy atom. The van der Waals surface area contributed by atoms with Crippen molar-refractivity contribution in [3.8, 4) is 0 Å². The van der Waals surface area contributed by atoms with E-state index < -0.39 is 116 Å². The summed E-state index contributed by atoms with van der Waals surface area (Å²) in [6, 6.07) is 0. The summed E-state index contributed by atoms with van der Waals surface area (Å²) in [4.78, 5) is 0. The average molecular weight is 759 g/mol. The predicted octanol–water partition coefficient (Wildman–Crippen LogP) is -0.123. The van der Waals surface area contributed by atoms with Crippen LogP contribution >= 0.6 is 0 Å². The SMILES string of the molecule is C=CC1(C)C=C2CCC3C(C)(C)C(OC4OC(CO)C(O)C4OC4OC(CO)C(O)C(OC)C4O)CCC3(C)C2CC1OC1OC(C)C(O)C(O)C1O. The fraction of sp³-hybridized carbons (Fsp3) is 0.895. The zero-order chi connectivity index (χ0) is 38.8. The van der Waals surface area contributed by atoms with Crippen molar-refractivity contribution in [2.45, 2.75) is 165 Å².